The molecule has 1 amide bonds. The third-order valence-corrected chi connectivity index (χ3v) is 4.75. The molecule has 9 heteroatoms. The lowest BCUT2D eigenvalue weighted by atomic mass is 10.1. The van der Waals surface area contributed by atoms with Crippen molar-refractivity contribution in [3.05, 3.63) is 47.5 Å². The highest BCUT2D eigenvalue weighted by Crippen LogP contribution is 2.34. The topological polar surface area (TPSA) is 106 Å². The zero-order chi connectivity index (χ0) is 20.5. The van der Waals surface area contributed by atoms with Crippen LogP contribution < -0.4 is 14.4 Å². The Labute approximate surface area is 167 Å². The number of amides is 1. The van der Waals surface area contributed by atoms with Gasteiger partial charge in [-0.1, -0.05) is 0 Å². The van der Waals surface area contributed by atoms with Crippen LogP contribution in [0.5, 0.6) is 11.6 Å². The number of nitrogens with zero attached hydrogens (tertiary/aromatic N) is 6. The summed E-state index contributed by atoms with van der Waals surface area (Å²) in [5, 5.41) is 12.9. The van der Waals surface area contributed by atoms with Gasteiger partial charge in [0.05, 0.1) is 55.7 Å². The summed E-state index contributed by atoms with van der Waals surface area (Å²) in [4.78, 5) is 23.5. The number of methoxy groups -OCH3 is 2. The third kappa shape index (κ3) is 3.14. The molecule has 3 aromatic heterocycles. The molecule has 0 saturated heterocycles. The molecule has 146 valence electrons. The number of nitriles is 1. The van der Waals surface area contributed by atoms with Gasteiger partial charge in [0.2, 0.25) is 0 Å². The molecule has 3 aromatic rings. The van der Waals surface area contributed by atoms with Crippen LogP contribution in [0, 0.1) is 18.3 Å². The summed E-state index contributed by atoms with van der Waals surface area (Å²) in [5.41, 5.74) is 4.21. The number of carbonyl (C=O) groups is 1. The molecule has 0 saturated carbocycles. The lowest BCUT2D eigenvalue weighted by Crippen LogP contribution is -2.22. The molecule has 0 N–H and O–H groups in total. The Morgan fingerprint density at radius 2 is 2.07 bits per heavy atom. The van der Waals surface area contributed by atoms with Gasteiger partial charge < -0.3 is 9.47 Å². The Morgan fingerprint density at radius 3 is 2.79 bits per heavy atom. The summed E-state index contributed by atoms with van der Waals surface area (Å²) in [7, 11) is 3.08. The summed E-state index contributed by atoms with van der Waals surface area (Å²) in [5.74, 6) is 0.774. The number of aromatic nitrogens is 4. The van der Waals surface area contributed by atoms with Crippen LogP contribution in [0.4, 0.5) is 5.69 Å². The van der Waals surface area contributed by atoms with Crippen molar-refractivity contribution in [2.24, 2.45) is 0 Å². The smallest absolute Gasteiger partial charge is 0.260 e. The van der Waals surface area contributed by atoms with Crippen LogP contribution in [-0.2, 0) is 13.1 Å². The van der Waals surface area contributed by atoms with E-state index in [1.165, 1.54) is 11.8 Å². The number of ether oxygens (including phenoxy) is 2. The molecule has 0 spiro atoms. The van der Waals surface area contributed by atoms with E-state index in [2.05, 4.69) is 10.1 Å². The number of hydrogen-bond acceptors (Lipinski definition) is 7. The molecule has 0 bridgehead atoms. The van der Waals surface area contributed by atoms with Gasteiger partial charge in [-0.25, -0.2) is 4.98 Å². The second-order valence-electron chi connectivity index (χ2n) is 6.53. The highest BCUT2D eigenvalue weighted by Gasteiger charge is 2.32. The maximum absolute atomic E-state index is 13.0. The Morgan fingerprint density at radius 1 is 1.24 bits per heavy atom. The number of hydrogen-bond donors (Lipinski definition) is 0. The Bertz CT molecular complexity index is 1150. The summed E-state index contributed by atoms with van der Waals surface area (Å²) in [6.07, 6.45) is 4.92. The second-order valence-corrected chi connectivity index (χ2v) is 6.53. The van der Waals surface area contributed by atoms with Gasteiger partial charge in [-0.2, -0.15) is 10.4 Å². The van der Waals surface area contributed by atoms with Crippen molar-refractivity contribution in [2.75, 3.05) is 19.1 Å². The number of carbonyl (C=O) groups excluding carboxylic acids is 1. The van der Waals surface area contributed by atoms with E-state index in [4.69, 9.17) is 19.7 Å². The van der Waals surface area contributed by atoms with Crippen LogP contribution in [0.2, 0.25) is 0 Å². The van der Waals surface area contributed by atoms with Gasteiger partial charge in [0.15, 0.2) is 5.75 Å². The predicted octanol–water partition coefficient (Wildman–Crippen LogP) is 2.35. The number of fused-ring (bicyclic) bond motifs is 1. The number of aryl methyl sites for hydroxylation is 1. The second kappa shape index (κ2) is 7.24. The highest BCUT2D eigenvalue weighted by molar-refractivity contribution is 6.10. The Hall–Kier alpha value is -3.93. The molecule has 9 nitrogen and oxygen atoms in total. The van der Waals surface area contributed by atoms with Crippen molar-refractivity contribution in [2.45, 2.75) is 20.0 Å². The maximum Gasteiger partial charge on any atom is 0.260 e. The molecule has 0 aromatic carbocycles. The van der Waals surface area contributed by atoms with Crippen LogP contribution in [0.3, 0.4) is 0 Å². The lowest BCUT2D eigenvalue weighted by molar-refractivity contribution is 0.0996. The van der Waals surface area contributed by atoms with Crippen LogP contribution >= 0.6 is 0 Å². The van der Waals surface area contributed by atoms with Crippen molar-refractivity contribution in [1.82, 2.24) is 19.7 Å². The monoisotopic (exact) mass is 390 g/mol. The molecule has 1 aliphatic rings. The van der Waals surface area contributed by atoms with Crippen molar-refractivity contribution < 1.29 is 14.3 Å². The van der Waals surface area contributed by atoms with Gasteiger partial charge in [-0.05, 0) is 24.6 Å². The van der Waals surface area contributed by atoms with Gasteiger partial charge in [0.25, 0.3) is 11.8 Å². The zero-order valence-corrected chi connectivity index (χ0v) is 16.2. The molecule has 0 aliphatic carbocycles. The Kier molecular flexibility index (Phi) is 4.60. The van der Waals surface area contributed by atoms with E-state index in [1.807, 2.05) is 19.1 Å². The van der Waals surface area contributed by atoms with Gasteiger partial charge in [0.1, 0.15) is 6.54 Å². The Balaban J connectivity index is 1.70. The van der Waals surface area contributed by atoms with E-state index in [0.29, 0.717) is 40.8 Å². The molecular weight excluding hydrogens is 372 g/mol. The molecule has 29 heavy (non-hydrogen) atoms. The summed E-state index contributed by atoms with van der Waals surface area (Å²) in [6.45, 7) is 2.35. The SMILES string of the molecule is COc1cc(-c2cc(C)c3c(n2)CN(c2cnn(CC#N)c2)C3=O)cnc1OC. The van der Waals surface area contributed by atoms with E-state index in [9.17, 15) is 4.79 Å². The van der Waals surface area contributed by atoms with Crippen LogP contribution in [0.15, 0.2) is 30.7 Å². The van der Waals surface area contributed by atoms with E-state index < -0.39 is 0 Å². The van der Waals surface area contributed by atoms with Crippen molar-refractivity contribution in [1.29, 1.82) is 5.26 Å². The number of rotatable bonds is 5. The molecule has 0 fully saturated rings. The summed E-state index contributed by atoms with van der Waals surface area (Å²) in [6, 6.07) is 5.70. The number of anilines is 1. The van der Waals surface area contributed by atoms with Crippen molar-refractivity contribution in [3.8, 4) is 29.0 Å². The molecular formula is C20H18N6O3. The first kappa shape index (κ1) is 18.4. The molecule has 0 atom stereocenters. The lowest BCUT2D eigenvalue weighted by Gasteiger charge is -2.11. The molecule has 0 unspecified atom stereocenters. The standard InChI is InChI=1S/C20H18N6O3/c1-12-6-15(13-7-17(28-2)19(29-3)22-8-13)24-16-11-26(20(27)18(12)16)14-9-23-25(10-14)5-4-21/h6-10H,5,11H2,1-3H3. The minimum Gasteiger partial charge on any atom is -0.491 e. The normalized spacial score (nSPS) is 12.6. The fourth-order valence-electron chi connectivity index (χ4n) is 3.38. The van der Waals surface area contributed by atoms with E-state index in [0.717, 1.165) is 11.1 Å². The summed E-state index contributed by atoms with van der Waals surface area (Å²) < 4.78 is 12.0. The largest absolute Gasteiger partial charge is 0.491 e. The minimum absolute atomic E-state index is 0.126. The average molecular weight is 390 g/mol. The molecule has 0 radical (unpaired) electrons. The van der Waals surface area contributed by atoms with Gasteiger partial charge in [-0.15, -0.1) is 0 Å². The van der Waals surface area contributed by atoms with E-state index in [-0.39, 0.29) is 12.5 Å². The van der Waals surface area contributed by atoms with Gasteiger partial charge in [0, 0.05) is 18.0 Å². The quantitative estimate of drug-likeness (QED) is 0.658. The molecule has 4 rings (SSSR count). The van der Waals surface area contributed by atoms with E-state index >= 15 is 0 Å². The van der Waals surface area contributed by atoms with Crippen LogP contribution in [0.1, 0.15) is 21.6 Å². The predicted molar refractivity (Wildman–Crippen MR) is 104 cm³/mol. The molecule has 4 heterocycles. The fourth-order valence-corrected chi connectivity index (χ4v) is 3.38. The van der Waals surface area contributed by atoms with Crippen LogP contribution in [-0.4, -0.2) is 39.9 Å². The van der Waals surface area contributed by atoms with Crippen molar-refractivity contribution >= 4 is 11.6 Å². The van der Waals surface area contributed by atoms with E-state index in [1.54, 1.807) is 36.7 Å². The fraction of sp³-hybridized carbons (Fsp3) is 0.250. The first-order valence-corrected chi connectivity index (χ1v) is 8.86. The first-order valence-electron chi connectivity index (χ1n) is 8.86. The third-order valence-electron chi connectivity index (χ3n) is 4.75. The zero-order valence-electron chi connectivity index (χ0n) is 16.2. The first-order chi connectivity index (χ1) is 14.0. The minimum atomic E-state index is -0.126. The van der Waals surface area contributed by atoms with Gasteiger partial charge in [-0.3, -0.25) is 19.4 Å². The highest BCUT2D eigenvalue weighted by atomic mass is 16.5. The number of pyridine rings is 2. The van der Waals surface area contributed by atoms with Crippen LogP contribution in [0.25, 0.3) is 11.3 Å². The summed E-state index contributed by atoms with van der Waals surface area (Å²) >= 11 is 0. The molecule has 1 aliphatic heterocycles. The van der Waals surface area contributed by atoms with Gasteiger partial charge >= 0.3 is 0 Å². The maximum atomic E-state index is 13.0. The van der Waals surface area contributed by atoms with Crippen molar-refractivity contribution in [3.63, 3.8) is 0 Å². The average Bonchev–Trinajstić information content (AvgIpc) is 3.32.